The number of ketones is 1. The van der Waals surface area contributed by atoms with Crippen LogP contribution in [0.2, 0.25) is 0 Å². The summed E-state index contributed by atoms with van der Waals surface area (Å²) >= 11 is 0. The van der Waals surface area contributed by atoms with Crippen LogP contribution < -0.4 is 23.5 Å². The molecule has 2 aliphatic heterocycles. The van der Waals surface area contributed by atoms with Crippen LogP contribution in [0.5, 0.6) is 23.0 Å². The quantitative estimate of drug-likeness (QED) is 0.334. The van der Waals surface area contributed by atoms with Gasteiger partial charge in [-0.1, -0.05) is 12.1 Å². The molecular weight excluding hydrogens is 437 g/mol. The van der Waals surface area contributed by atoms with Gasteiger partial charge in [0, 0.05) is 11.8 Å². The molecule has 4 aromatic rings. The number of rotatable bonds is 4. The van der Waals surface area contributed by atoms with Crippen molar-refractivity contribution >= 4 is 16.6 Å². The third-order valence-electron chi connectivity index (χ3n) is 6.48. The minimum atomic E-state index is -0.564. The van der Waals surface area contributed by atoms with Gasteiger partial charge in [-0.2, -0.15) is 4.57 Å². The van der Waals surface area contributed by atoms with E-state index in [-0.39, 0.29) is 12.4 Å². The van der Waals surface area contributed by atoms with Crippen LogP contribution in [0, 0.1) is 5.82 Å². The number of aromatic nitrogens is 1. The number of fused-ring (bicyclic) bond motifs is 5. The fraction of sp³-hybridized carbons (Fsp3) is 0.185. The number of pyridine rings is 1. The summed E-state index contributed by atoms with van der Waals surface area (Å²) in [4.78, 5) is 14.0. The Hall–Kier alpha value is -4.13. The first-order valence-corrected chi connectivity index (χ1v) is 10.9. The molecule has 6 nitrogen and oxygen atoms in total. The van der Waals surface area contributed by atoms with E-state index in [0.717, 1.165) is 22.9 Å². The van der Waals surface area contributed by atoms with Gasteiger partial charge in [0.1, 0.15) is 11.4 Å². The van der Waals surface area contributed by atoms with Crippen LogP contribution in [-0.4, -0.2) is 26.8 Å². The lowest BCUT2D eigenvalue weighted by molar-refractivity contribution is -0.686. The smallest absolute Gasteiger partial charge is 0.231 e. The van der Waals surface area contributed by atoms with E-state index >= 15 is 0 Å². The first-order chi connectivity index (χ1) is 16.6. The summed E-state index contributed by atoms with van der Waals surface area (Å²) in [6.45, 7) is 0.795. The van der Waals surface area contributed by atoms with Gasteiger partial charge in [0.05, 0.1) is 30.7 Å². The summed E-state index contributed by atoms with van der Waals surface area (Å²) < 4.78 is 39.2. The van der Waals surface area contributed by atoms with Gasteiger partial charge in [0.15, 0.2) is 35.7 Å². The number of aryl methyl sites for hydroxylation is 2. The second-order valence-electron chi connectivity index (χ2n) is 8.23. The topological polar surface area (TPSA) is 57.9 Å². The summed E-state index contributed by atoms with van der Waals surface area (Å²) in [5.74, 6) is 1.44. The maximum absolute atomic E-state index is 14.8. The lowest BCUT2D eigenvalue weighted by Gasteiger charge is -2.20. The van der Waals surface area contributed by atoms with Gasteiger partial charge in [0.25, 0.3) is 0 Å². The Morgan fingerprint density at radius 3 is 2.56 bits per heavy atom. The van der Waals surface area contributed by atoms with Crippen molar-refractivity contribution in [2.75, 3.05) is 21.0 Å². The van der Waals surface area contributed by atoms with Crippen molar-refractivity contribution in [1.82, 2.24) is 0 Å². The molecule has 170 valence electrons. The molecule has 3 aromatic carbocycles. The Kier molecular flexibility index (Phi) is 4.65. The number of nitrogens with zero attached hydrogens (tertiary/aromatic N) is 1. The molecule has 7 heteroatoms. The van der Waals surface area contributed by atoms with E-state index in [1.54, 1.807) is 32.4 Å². The maximum atomic E-state index is 14.8. The van der Waals surface area contributed by atoms with E-state index in [2.05, 4.69) is 0 Å². The number of halogens is 1. The molecule has 0 atom stereocenters. The lowest BCUT2D eigenvalue weighted by Crippen LogP contribution is -2.41. The van der Waals surface area contributed by atoms with Gasteiger partial charge in [-0.05, 0) is 42.0 Å². The zero-order chi connectivity index (χ0) is 23.4. The molecule has 0 unspecified atom stereocenters. The van der Waals surface area contributed by atoms with Crippen molar-refractivity contribution < 1.29 is 32.7 Å². The number of methoxy groups -OCH3 is 2. The molecule has 0 spiro atoms. The average molecular weight is 458 g/mol. The van der Waals surface area contributed by atoms with Gasteiger partial charge in [-0.15, -0.1) is 0 Å². The molecule has 0 saturated heterocycles. The third-order valence-corrected chi connectivity index (χ3v) is 6.48. The average Bonchev–Trinajstić information content (AvgIpc) is 3.32. The number of carbonyl (C=O) groups is 1. The van der Waals surface area contributed by atoms with Crippen molar-refractivity contribution in [3.8, 4) is 34.3 Å². The normalized spacial score (nSPS) is 13.4. The van der Waals surface area contributed by atoms with Crippen molar-refractivity contribution in [2.45, 2.75) is 13.0 Å². The molecular formula is C27H21FNO5+. The van der Waals surface area contributed by atoms with Crippen LogP contribution in [0.4, 0.5) is 4.39 Å². The van der Waals surface area contributed by atoms with Crippen LogP contribution in [0.25, 0.3) is 22.0 Å². The second-order valence-corrected chi connectivity index (χ2v) is 8.23. The maximum Gasteiger partial charge on any atom is 0.231 e. The molecule has 0 aliphatic carbocycles. The molecule has 0 bridgehead atoms. The van der Waals surface area contributed by atoms with E-state index in [9.17, 15) is 9.18 Å². The van der Waals surface area contributed by atoms with Gasteiger partial charge in [-0.3, -0.25) is 4.79 Å². The van der Waals surface area contributed by atoms with Gasteiger partial charge in [0.2, 0.25) is 18.3 Å². The molecule has 0 radical (unpaired) electrons. The number of benzene rings is 3. The zero-order valence-electron chi connectivity index (χ0n) is 18.7. The monoisotopic (exact) mass is 458 g/mol. The molecule has 2 aliphatic rings. The number of hydrogen-bond acceptors (Lipinski definition) is 5. The molecule has 6 rings (SSSR count). The van der Waals surface area contributed by atoms with Crippen molar-refractivity contribution in [3.63, 3.8) is 0 Å². The van der Waals surface area contributed by atoms with Crippen LogP contribution >= 0.6 is 0 Å². The van der Waals surface area contributed by atoms with E-state index < -0.39 is 11.6 Å². The highest BCUT2D eigenvalue weighted by atomic mass is 19.1. The summed E-state index contributed by atoms with van der Waals surface area (Å²) in [6, 6.07) is 13.5. The molecule has 0 N–H and O–H groups in total. The van der Waals surface area contributed by atoms with Crippen LogP contribution in [0.3, 0.4) is 0 Å². The van der Waals surface area contributed by atoms with Crippen molar-refractivity contribution in [2.24, 2.45) is 0 Å². The van der Waals surface area contributed by atoms with E-state index in [4.69, 9.17) is 18.9 Å². The third kappa shape index (κ3) is 2.93. The molecule has 34 heavy (non-hydrogen) atoms. The Labute approximate surface area is 195 Å². The minimum Gasteiger partial charge on any atom is -0.493 e. The van der Waals surface area contributed by atoms with Gasteiger partial charge < -0.3 is 18.9 Å². The first-order valence-electron chi connectivity index (χ1n) is 10.9. The summed E-state index contributed by atoms with van der Waals surface area (Å²) in [6.07, 6.45) is 2.71. The molecule has 1 aromatic heterocycles. The Balaban J connectivity index is 1.72. The number of hydrogen-bond donors (Lipinski definition) is 0. The highest BCUT2D eigenvalue weighted by molar-refractivity contribution is 6.20. The van der Waals surface area contributed by atoms with Crippen molar-refractivity contribution in [1.29, 1.82) is 0 Å². The SMILES string of the molecule is COc1ccc2c(C(=O)c3ccccc3F)c3[n+](cc2c1OC)CCc1cc2c(cc1-3)OCO2. The zero-order valence-corrected chi connectivity index (χ0v) is 18.7. The molecule has 3 heterocycles. The number of ether oxygens (including phenoxy) is 4. The highest BCUT2D eigenvalue weighted by Crippen LogP contribution is 2.44. The van der Waals surface area contributed by atoms with Crippen LogP contribution in [0.1, 0.15) is 21.5 Å². The van der Waals surface area contributed by atoms with Crippen LogP contribution in [0.15, 0.2) is 54.7 Å². The fourth-order valence-electron chi connectivity index (χ4n) is 4.92. The number of carbonyl (C=O) groups excluding carboxylic acids is 1. The summed E-state index contributed by atoms with van der Waals surface area (Å²) in [5.41, 5.74) is 3.05. The second kappa shape index (κ2) is 7.73. The van der Waals surface area contributed by atoms with Crippen LogP contribution in [-0.2, 0) is 13.0 Å². The van der Waals surface area contributed by atoms with E-state index in [1.807, 2.05) is 29.0 Å². The lowest BCUT2D eigenvalue weighted by atomic mass is 9.88. The first kappa shape index (κ1) is 20.5. The predicted molar refractivity (Wildman–Crippen MR) is 122 cm³/mol. The van der Waals surface area contributed by atoms with Gasteiger partial charge >= 0.3 is 0 Å². The van der Waals surface area contributed by atoms with Gasteiger partial charge in [-0.25, -0.2) is 4.39 Å². The fourth-order valence-corrected chi connectivity index (χ4v) is 4.92. The van der Waals surface area contributed by atoms with Crippen molar-refractivity contribution in [3.05, 3.63) is 77.2 Å². The Bertz CT molecular complexity index is 1500. The molecule has 0 saturated carbocycles. The summed E-state index contributed by atoms with van der Waals surface area (Å²) in [5, 5.41) is 1.37. The summed E-state index contributed by atoms with van der Waals surface area (Å²) in [7, 11) is 3.13. The molecule has 0 amide bonds. The van der Waals surface area contributed by atoms with E-state index in [1.165, 1.54) is 12.1 Å². The standard InChI is InChI=1S/C27H21FNO5/c1-31-21-8-7-16-19(27(21)32-2)13-29-10-9-15-11-22-23(34-14-33-22)12-18(15)25(29)24(16)26(30)17-5-3-4-6-20(17)28/h3-8,11-13H,9-10,14H2,1-2H3/q+1. The highest BCUT2D eigenvalue weighted by Gasteiger charge is 2.35. The molecule has 0 fully saturated rings. The van der Waals surface area contributed by atoms with E-state index in [0.29, 0.717) is 46.2 Å². The Morgan fingerprint density at radius 2 is 1.79 bits per heavy atom. The minimum absolute atomic E-state index is 0.0143. The predicted octanol–water partition coefficient (Wildman–Crippen LogP) is 4.47. The Morgan fingerprint density at radius 1 is 1.00 bits per heavy atom. The largest absolute Gasteiger partial charge is 0.493 e.